The van der Waals surface area contributed by atoms with E-state index in [0.717, 1.165) is 36.9 Å². The van der Waals surface area contributed by atoms with Gasteiger partial charge in [0.25, 0.3) is 0 Å². The number of hydrogen-bond acceptors (Lipinski definition) is 3. The van der Waals surface area contributed by atoms with E-state index in [2.05, 4.69) is 33.9 Å². The number of aliphatic imine (C=N–C) groups is 1. The van der Waals surface area contributed by atoms with Gasteiger partial charge < -0.3 is 20.7 Å². The molecular weight excluding hydrogens is 467 g/mol. The summed E-state index contributed by atoms with van der Waals surface area (Å²) in [4.78, 5) is 15.8. The molecule has 0 saturated heterocycles. The number of carbonyl (C=O) groups is 1. The highest BCUT2D eigenvalue weighted by Crippen LogP contribution is 2.19. The zero-order valence-corrected chi connectivity index (χ0v) is 19.3. The molecule has 1 aromatic rings. The lowest BCUT2D eigenvalue weighted by Gasteiger charge is -2.14. The zero-order valence-electron chi connectivity index (χ0n) is 16.9. The van der Waals surface area contributed by atoms with Crippen molar-refractivity contribution >= 4 is 41.5 Å². The molecule has 3 N–H and O–H groups in total. The Hall–Kier alpha value is -1.77. The Balaban J connectivity index is 0.00000392. The number of allylic oxidation sites excluding steroid dienone is 1. The topological polar surface area (TPSA) is 74.8 Å². The van der Waals surface area contributed by atoms with Gasteiger partial charge in [-0.2, -0.15) is 0 Å². The number of nitrogens with one attached hydrogen (secondary N) is 3. The molecule has 0 fully saturated rings. The molecule has 0 heterocycles. The molecule has 0 unspecified atom stereocenters. The van der Waals surface area contributed by atoms with Gasteiger partial charge in [0, 0.05) is 31.8 Å². The van der Waals surface area contributed by atoms with Crippen LogP contribution in [0.3, 0.4) is 0 Å². The van der Waals surface area contributed by atoms with E-state index >= 15 is 0 Å². The van der Waals surface area contributed by atoms with Gasteiger partial charge in [0.1, 0.15) is 12.4 Å². The van der Waals surface area contributed by atoms with E-state index in [9.17, 15) is 4.79 Å². The van der Waals surface area contributed by atoms with Crippen LogP contribution in [0, 0.1) is 0 Å². The number of nitrogens with zero attached hydrogens (tertiary/aromatic N) is 1. The van der Waals surface area contributed by atoms with E-state index in [0.29, 0.717) is 13.2 Å². The van der Waals surface area contributed by atoms with Crippen LogP contribution < -0.4 is 20.7 Å². The Morgan fingerprint density at radius 3 is 2.82 bits per heavy atom. The van der Waals surface area contributed by atoms with Gasteiger partial charge in [-0.05, 0) is 51.2 Å². The SMILES string of the molecule is CCNC(=NCCC1=CCCCC1)NCCOc1cccc(NC(C)=O)c1.I. The van der Waals surface area contributed by atoms with Crippen molar-refractivity contribution in [1.82, 2.24) is 10.6 Å². The zero-order chi connectivity index (χ0) is 19.3. The highest BCUT2D eigenvalue weighted by Gasteiger charge is 2.04. The third-order valence-corrected chi connectivity index (χ3v) is 4.25. The number of carbonyl (C=O) groups excluding carboxylic acids is 1. The van der Waals surface area contributed by atoms with Gasteiger partial charge >= 0.3 is 0 Å². The highest BCUT2D eigenvalue weighted by molar-refractivity contribution is 14.0. The fraction of sp³-hybridized carbons (Fsp3) is 0.524. The molecule has 1 aromatic carbocycles. The van der Waals surface area contributed by atoms with E-state index in [1.165, 1.54) is 32.6 Å². The molecule has 0 atom stereocenters. The molecule has 0 radical (unpaired) electrons. The summed E-state index contributed by atoms with van der Waals surface area (Å²) >= 11 is 0. The molecule has 28 heavy (non-hydrogen) atoms. The van der Waals surface area contributed by atoms with Crippen LogP contribution in [0.1, 0.15) is 46.0 Å². The first-order chi connectivity index (χ1) is 13.2. The van der Waals surface area contributed by atoms with Crippen LogP contribution >= 0.6 is 24.0 Å². The summed E-state index contributed by atoms with van der Waals surface area (Å²) in [5.41, 5.74) is 2.28. The first kappa shape index (κ1) is 24.3. The number of rotatable bonds is 9. The van der Waals surface area contributed by atoms with E-state index in [1.54, 1.807) is 5.57 Å². The Morgan fingerprint density at radius 1 is 1.25 bits per heavy atom. The minimum absolute atomic E-state index is 0. The summed E-state index contributed by atoms with van der Waals surface area (Å²) in [6, 6.07) is 7.39. The average Bonchev–Trinajstić information content (AvgIpc) is 2.66. The highest BCUT2D eigenvalue weighted by atomic mass is 127. The molecule has 1 aliphatic rings. The minimum Gasteiger partial charge on any atom is -0.492 e. The lowest BCUT2D eigenvalue weighted by atomic mass is 9.97. The van der Waals surface area contributed by atoms with Crippen LogP contribution in [0.2, 0.25) is 0 Å². The predicted molar refractivity (Wildman–Crippen MR) is 127 cm³/mol. The third kappa shape index (κ3) is 9.96. The summed E-state index contributed by atoms with van der Waals surface area (Å²) in [6.07, 6.45) is 8.51. The van der Waals surface area contributed by atoms with Crippen LogP contribution in [-0.2, 0) is 4.79 Å². The van der Waals surface area contributed by atoms with E-state index in [1.807, 2.05) is 24.3 Å². The molecule has 2 rings (SSSR count). The minimum atomic E-state index is -0.0932. The van der Waals surface area contributed by atoms with Gasteiger partial charge in [-0.25, -0.2) is 0 Å². The second-order valence-corrected chi connectivity index (χ2v) is 6.60. The van der Waals surface area contributed by atoms with Crippen molar-refractivity contribution in [3.63, 3.8) is 0 Å². The maximum Gasteiger partial charge on any atom is 0.221 e. The Bertz CT molecular complexity index is 662. The van der Waals surface area contributed by atoms with Gasteiger partial charge in [0.05, 0.1) is 6.54 Å². The molecule has 0 bridgehead atoms. The Morgan fingerprint density at radius 2 is 2.11 bits per heavy atom. The van der Waals surface area contributed by atoms with Crippen molar-refractivity contribution in [2.75, 3.05) is 31.6 Å². The number of benzene rings is 1. The number of ether oxygens (including phenoxy) is 1. The second kappa shape index (κ2) is 14.3. The van der Waals surface area contributed by atoms with Crippen LogP contribution in [0.15, 0.2) is 40.9 Å². The monoisotopic (exact) mass is 500 g/mol. The fourth-order valence-electron chi connectivity index (χ4n) is 2.99. The van der Waals surface area contributed by atoms with Crippen molar-refractivity contribution in [2.45, 2.75) is 46.0 Å². The van der Waals surface area contributed by atoms with Gasteiger partial charge in [0.2, 0.25) is 5.91 Å². The second-order valence-electron chi connectivity index (χ2n) is 6.60. The van der Waals surface area contributed by atoms with Crippen molar-refractivity contribution < 1.29 is 9.53 Å². The molecule has 156 valence electrons. The van der Waals surface area contributed by atoms with Gasteiger partial charge in [-0.3, -0.25) is 9.79 Å². The average molecular weight is 500 g/mol. The summed E-state index contributed by atoms with van der Waals surface area (Å²) in [6.45, 7) is 6.35. The van der Waals surface area contributed by atoms with Gasteiger partial charge in [-0.15, -0.1) is 24.0 Å². The standard InChI is InChI=1S/C21H32N4O2.HI/c1-3-22-21(23-13-12-18-8-5-4-6-9-18)24-14-15-27-20-11-7-10-19(16-20)25-17(2)26;/h7-8,10-11,16H,3-6,9,12-15H2,1-2H3,(H,25,26)(H2,22,23,24);1H. The largest absolute Gasteiger partial charge is 0.492 e. The maximum absolute atomic E-state index is 11.1. The van der Waals surface area contributed by atoms with E-state index in [4.69, 9.17) is 4.74 Å². The first-order valence-corrected chi connectivity index (χ1v) is 9.88. The Labute approximate surface area is 185 Å². The molecule has 1 aliphatic carbocycles. The van der Waals surface area contributed by atoms with Gasteiger partial charge in [0.15, 0.2) is 5.96 Å². The van der Waals surface area contributed by atoms with Crippen LogP contribution in [0.4, 0.5) is 5.69 Å². The lowest BCUT2D eigenvalue weighted by molar-refractivity contribution is -0.114. The molecule has 6 nitrogen and oxygen atoms in total. The summed E-state index contributed by atoms with van der Waals surface area (Å²) < 4.78 is 5.75. The fourth-order valence-corrected chi connectivity index (χ4v) is 2.99. The van der Waals surface area contributed by atoms with E-state index < -0.39 is 0 Å². The smallest absolute Gasteiger partial charge is 0.221 e. The van der Waals surface area contributed by atoms with Crippen molar-refractivity contribution in [3.05, 3.63) is 35.9 Å². The van der Waals surface area contributed by atoms with Crippen LogP contribution in [0.5, 0.6) is 5.75 Å². The van der Waals surface area contributed by atoms with Crippen LogP contribution in [-0.4, -0.2) is 38.1 Å². The Kier molecular flexibility index (Phi) is 12.4. The molecule has 0 aliphatic heterocycles. The quantitative estimate of drug-likeness (QED) is 0.157. The van der Waals surface area contributed by atoms with Crippen LogP contribution in [0.25, 0.3) is 0 Å². The first-order valence-electron chi connectivity index (χ1n) is 9.88. The molecule has 7 heteroatoms. The number of anilines is 1. The van der Waals surface area contributed by atoms with Gasteiger partial charge in [-0.1, -0.05) is 17.7 Å². The molecule has 0 spiro atoms. The van der Waals surface area contributed by atoms with Crippen molar-refractivity contribution in [1.29, 1.82) is 0 Å². The van der Waals surface area contributed by atoms with E-state index in [-0.39, 0.29) is 29.9 Å². The maximum atomic E-state index is 11.1. The predicted octanol–water partition coefficient (Wildman–Crippen LogP) is 4.09. The van der Waals surface area contributed by atoms with Crippen molar-refractivity contribution in [3.8, 4) is 5.75 Å². The summed E-state index contributed by atoms with van der Waals surface area (Å²) in [5.74, 6) is 1.46. The molecule has 0 aromatic heterocycles. The number of amides is 1. The molecular formula is C21H33IN4O2. The normalized spacial score (nSPS) is 13.8. The number of hydrogen-bond donors (Lipinski definition) is 3. The molecule has 1 amide bonds. The third-order valence-electron chi connectivity index (χ3n) is 4.25. The number of guanidine groups is 1. The summed E-state index contributed by atoms with van der Waals surface area (Å²) in [7, 11) is 0. The van der Waals surface area contributed by atoms with Crippen molar-refractivity contribution in [2.24, 2.45) is 4.99 Å². The lowest BCUT2D eigenvalue weighted by Crippen LogP contribution is -2.39. The summed E-state index contributed by atoms with van der Waals surface area (Å²) in [5, 5.41) is 9.32. The molecule has 0 saturated carbocycles. The number of halogens is 1.